The van der Waals surface area contributed by atoms with E-state index in [1.54, 1.807) is 0 Å². The fourth-order valence-corrected chi connectivity index (χ4v) is 3.05. The number of rotatable bonds is 3. The first kappa shape index (κ1) is 15.0. The van der Waals surface area contributed by atoms with Crippen molar-refractivity contribution in [2.45, 2.75) is 12.8 Å². The zero-order valence-electron chi connectivity index (χ0n) is 12.5. The minimum atomic E-state index is -1.29. The molecule has 0 bridgehead atoms. The van der Waals surface area contributed by atoms with Crippen LogP contribution >= 0.6 is 0 Å². The standard InChI is InChI=1S/C17H15NO5/c1-23-16(20)14-9-12-13(18(14)17(21)22)8-11(15(12)19)7-10-5-3-2-4-6-10/h2-6,9,11H,7-8H2,1H3,(H,21,22). The van der Waals surface area contributed by atoms with Gasteiger partial charge >= 0.3 is 12.1 Å². The normalized spacial score (nSPS) is 16.2. The van der Waals surface area contributed by atoms with Gasteiger partial charge in [0.1, 0.15) is 5.69 Å². The highest BCUT2D eigenvalue weighted by molar-refractivity contribution is 6.06. The van der Waals surface area contributed by atoms with Crippen molar-refractivity contribution >= 4 is 17.8 Å². The number of carbonyl (C=O) groups is 3. The molecule has 1 aromatic carbocycles. The van der Waals surface area contributed by atoms with Crippen LogP contribution in [0.15, 0.2) is 36.4 Å². The maximum absolute atomic E-state index is 12.5. The summed E-state index contributed by atoms with van der Waals surface area (Å²) < 4.78 is 5.45. The Morgan fingerprint density at radius 1 is 1.30 bits per heavy atom. The average molecular weight is 313 g/mol. The number of hydrogen-bond acceptors (Lipinski definition) is 4. The van der Waals surface area contributed by atoms with E-state index in [1.165, 1.54) is 13.2 Å². The average Bonchev–Trinajstić information content (AvgIpc) is 3.05. The minimum absolute atomic E-state index is 0.128. The molecule has 0 fully saturated rings. The quantitative estimate of drug-likeness (QED) is 0.879. The van der Waals surface area contributed by atoms with E-state index in [1.807, 2.05) is 30.3 Å². The van der Waals surface area contributed by atoms with Gasteiger partial charge in [-0.25, -0.2) is 14.2 Å². The van der Waals surface area contributed by atoms with Crippen molar-refractivity contribution in [3.8, 4) is 0 Å². The van der Waals surface area contributed by atoms with Crippen LogP contribution in [0.5, 0.6) is 0 Å². The number of esters is 1. The third kappa shape index (κ3) is 2.52. The molecule has 1 N–H and O–H groups in total. The first-order valence-electron chi connectivity index (χ1n) is 7.17. The van der Waals surface area contributed by atoms with Crippen LogP contribution in [-0.4, -0.2) is 34.6 Å². The SMILES string of the molecule is COC(=O)c1cc2c(n1C(=O)O)CC(Cc1ccccc1)C2=O. The van der Waals surface area contributed by atoms with E-state index >= 15 is 0 Å². The Morgan fingerprint density at radius 2 is 2.00 bits per heavy atom. The van der Waals surface area contributed by atoms with Gasteiger partial charge in [0.25, 0.3) is 0 Å². The Balaban J connectivity index is 1.94. The van der Waals surface area contributed by atoms with Crippen molar-refractivity contribution < 1.29 is 24.2 Å². The predicted molar refractivity (Wildman–Crippen MR) is 80.9 cm³/mol. The van der Waals surface area contributed by atoms with Crippen molar-refractivity contribution in [2.75, 3.05) is 7.11 Å². The Hall–Kier alpha value is -2.89. The van der Waals surface area contributed by atoms with E-state index in [2.05, 4.69) is 4.74 Å². The zero-order valence-corrected chi connectivity index (χ0v) is 12.5. The van der Waals surface area contributed by atoms with Crippen molar-refractivity contribution in [3.05, 3.63) is 58.9 Å². The highest BCUT2D eigenvalue weighted by atomic mass is 16.5. The molecule has 1 heterocycles. The fraction of sp³-hybridized carbons (Fsp3) is 0.235. The summed E-state index contributed by atoms with van der Waals surface area (Å²) in [6.45, 7) is 0. The molecular weight excluding hydrogens is 298 g/mol. The Bertz CT molecular complexity index is 791. The van der Waals surface area contributed by atoms with Crippen LogP contribution in [0.1, 0.15) is 32.1 Å². The highest BCUT2D eigenvalue weighted by Gasteiger charge is 2.37. The van der Waals surface area contributed by atoms with Gasteiger partial charge in [-0.3, -0.25) is 4.79 Å². The molecular formula is C17H15NO5. The lowest BCUT2D eigenvalue weighted by molar-refractivity contribution is 0.0587. The van der Waals surface area contributed by atoms with Crippen molar-refractivity contribution in [1.29, 1.82) is 0 Å². The lowest BCUT2D eigenvalue weighted by Crippen LogP contribution is -2.20. The van der Waals surface area contributed by atoms with E-state index in [-0.39, 0.29) is 17.4 Å². The number of carboxylic acid groups (broad SMARTS) is 1. The lowest BCUT2D eigenvalue weighted by atomic mass is 9.96. The van der Waals surface area contributed by atoms with Gasteiger partial charge in [-0.1, -0.05) is 30.3 Å². The molecule has 6 heteroatoms. The summed E-state index contributed by atoms with van der Waals surface area (Å²) in [5.74, 6) is -1.21. The Labute approximate surface area is 132 Å². The highest BCUT2D eigenvalue weighted by Crippen LogP contribution is 2.32. The molecule has 1 atom stereocenters. The topological polar surface area (TPSA) is 85.6 Å². The first-order valence-corrected chi connectivity index (χ1v) is 7.17. The number of fused-ring (bicyclic) bond motifs is 1. The monoisotopic (exact) mass is 313 g/mol. The molecule has 1 aliphatic carbocycles. The number of carbonyl (C=O) groups excluding carboxylic acids is 2. The van der Waals surface area contributed by atoms with Gasteiger partial charge in [-0.15, -0.1) is 0 Å². The summed E-state index contributed by atoms with van der Waals surface area (Å²) in [4.78, 5) is 35.7. The molecule has 1 aliphatic rings. The van der Waals surface area contributed by atoms with Crippen LogP contribution in [0.2, 0.25) is 0 Å². The lowest BCUT2D eigenvalue weighted by Gasteiger charge is -2.10. The van der Waals surface area contributed by atoms with Gasteiger partial charge in [0.15, 0.2) is 5.78 Å². The zero-order chi connectivity index (χ0) is 16.6. The van der Waals surface area contributed by atoms with E-state index < -0.39 is 12.1 Å². The van der Waals surface area contributed by atoms with Crippen LogP contribution in [0.25, 0.3) is 0 Å². The number of benzene rings is 1. The van der Waals surface area contributed by atoms with Gasteiger partial charge in [-0.05, 0) is 24.5 Å². The number of nitrogens with zero attached hydrogens (tertiary/aromatic N) is 1. The second-order valence-corrected chi connectivity index (χ2v) is 5.45. The van der Waals surface area contributed by atoms with Gasteiger partial charge in [0.05, 0.1) is 7.11 Å². The van der Waals surface area contributed by atoms with Crippen LogP contribution < -0.4 is 0 Å². The summed E-state index contributed by atoms with van der Waals surface area (Å²) in [7, 11) is 1.17. The van der Waals surface area contributed by atoms with Gasteiger partial charge in [0.2, 0.25) is 0 Å². The second-order valence-electron chi connectivity index (χ2n) is 5.45. The first-order chi connectivity index (χ1) is 11.0. The molecule has 0 saturated carbocycles. The number of methoxy groups -OCH3 is 1. The Morgan fingerprint density at radius 3 is 2.61 bits per heavy atom. The van der Waals surface area contributed by atoms with Crippen LogP contribution in [0.3, 0.4) is 0 Å². The van der Waals surface area contributed by atoms with E-state index in [9.17, 15) is 19.5 Å². The van der Waals surface area contributed by atoms with Gasteiger partial charge in [-0.2, -0.15) is 0 Å². The maximum atomic E-state index is 12.5. The Kier molecular flexibility index (Phi) is 3.73. The van der Waals surface area contributed by atoms with Crippen molar-refractivity contribution in [1.82, 2.24) is 4.57 Å². The van der Waals surface area contributed by atoms with Gasteiger partial charge in [0, 0.05) is 17.2 Å². The number of Topliss-reactive ketones (excluding diaryl/α,β-unsaturated/α-hetero) is 1. The molecule has 1 unspecified atom stereocenters. The summed E-state index contributed by atoms with van der Waals surface area (Å²) >= 11 is 0. The molecule has 1 aromatic heterocycles. The van der Waals surface area contributed by atoms with Gasteiger partial charge < -0.3 is 9.84 Å². The number of aromatic nitrogens is 1. The van der Waals surface area contributed by atoms with E-state index in [0.29, 0.717) is 24.1 Å². The van der Waals surface area contributed by atoms with E-state index in [0.717, 1.165) is 10.1 Å². The summed E-state index contributed by atoms with van der Waals surface area (Å²) in [6.07, 6.45) is -0.451. The predicted octanol–water partition coefficient (Wildman–Crippen LogP) is 2.40. The number of hydrogen-bond donors (Lipinski definition) is 1. The third-order valence-electron chi connectivity index (χ3n) is 4.09. The molecule has 118 valence electrons. The minimum Gasteiger partial charge on any atom is -0.464 e. The summed E-state index contributed by atoms with van der Waals surface area (Å²) in [5, 5.41) is 9.37. The molecule has 0 aliphatic heterocycles. The van der Waals surface area contributed by atoms with E-state index in [4.69, 9.17) is 0 Å². The maximum Gasteiger partial charge on any atom is 0.416 e. The molecule has 0 amide bonds. The molecule has 6 nitrogen and oxygen atoms in total. The fourth-order valence-electron chi connectivity index (χ4n) is 3.05. The smallest absolute Gasteiger partial charge is 0.416 e. The van der Waals surface area contributed by atoms with Crippen LogP contribution in [0, 0.1) is 5.92 Å². The number of ketones is 1. The molecule has 0 saturated heterocycles. The number of ether oxygens (including phenoxy) is 1. The van der Waals surface area contributed by atoms with Crippen LogP contribution in [0.4, 0.5) is 4.79 Å². The summed E-state index contributed by atoms with van der Waals surface area (Å²) in [6, 6.07) is 10.9. The molecule has 2 aromatic rings. The van der Waals surface area contributed by atoms with Crippen molar-refractivity contribution in [3.63, 3.8) is 0 Å². The van der Waals surface area contributed by atoms with Crippen LogP contribution in [-0.2, 0) is 17.6 Å². The third-order valence-corrected chi connectivity index (χ3v) is 4.09. The molecule has 0 radical (unpaired) electrons. The summed E-state index contributed by atoms with van der Waals surface area (Å²) in [5.41, 5.74) is 1.56. The second kappa shape index (κ2) is 5.72. The molecule has 3 rings (SSSR count). The van der Waals surface area contributed by atoms with Crippen molar-refractivity contribution in [2.24, 2.45) is 5.92 Å². The molecule has 23 heavy (non-hydrogen) atoms. The largest absolute Gasteiger partial charge is 0.464 e. The molecule has 0 spiro atoms.